The molecule has 0 saturated carbocycles. The van der Waals surface area contributed by atoms with Crippen molar-refractivity contribution in [1.82, 2.24) is 20.1 Å². The minimum atomic E-state index is -0.129. The van der Waals surface area contributed by atoms with Crippen molar-refractivity contribution in [2.24, 2.45) is 0 Å². The number of aryl methyl sites for hydroxylation is 1. The Kier molecular flexibility index (Phi) is 5.30. The van der Waals surface area contributed by atoms with Gasteiger partial charge in [-0.25, -0.2) is 9.67 Å². The Bertz CT molecular complexity index is 1070. The molecule has 28 heavy (non-hydrogen) atoms. The molecule has 0 aliphatic rings. The van der Waals surface area contributed by atoms with Crippen LogP contribution in [0.4, 0.5) is 0 Å². The maximum atomic E-state index is 12.9. The molecule has 0 atom stereocenters. The molecule has 4 rings (SSSR count). The summed E-state index contributed by atoms with van der Waals surface area (Å²) in [5.41, 5.74) is 4.22. The van der Waals surface area contributed by atoms with Crippen molar-refractivity contribution in [2.75, 3.05) is 6.54 Å². The maximum absolute atomic E-state index is 12.9. The van der Waals surface area contributed by atoms with Crippen molar-refractivity contribution in [3.63, 3.8) is 0 Å². The molecule has 0 saturated heterocycles. The average molecular weight is 388 g/mol. The summed E-state index contributed by atoms with van der Waals surface area (Å²) in [4.78, 5) is 17.2. The van der Waals surface area contributed by atoms with Gasteiger partial charge in [-0.1, -0.05) is 42.0 Å². The molecule has 2 aromatic carbocycles. The average Bonchev–Trinajstić information content (AvgIpc) is 3.39. The van der Waals surface area contributed by atoms with Crippen LogP contribution in [0.5, 0.6) is 0 Å². The van der Waals surface area contributed by atoms with E-state index >= 15 is 0 Å². The highest BCUT2D eigenvalue weighted by Gasteiger charge is 2.18. The first-order chi connectivity index (χ1) is 13.7. The van der Waals surface area contributed by atoms with Gasteiger partial charge in [-0.3, -0.25) is 4.79 Å². The van der Waals surface area contributed by atoms with Crippen LogP contribution >= 0.6 is 11.3 Å². The second-order valence-corrected chi connectivity index (χ2v) is 7.45. The first-order valence-corrected chi connectivity index (χ1v) is 9.97. The molecule has 2 aromatic heterocycles. The monoisotopic (exact) mass is 388 g/mol. The highest BCUT2D eigenvalue weighted by atomic mass is 32.1. The minimum Gasteiger partial charge on any atom is -0.351 e. The minimum absolute atomic E-state index is 0.129. The molecule has 140 valence electrons. The van der Waals surface area contributed by atoms with Crippen molar-refractivity contribution in [3.8, 4) is 16.9 Å². The molecule has 5 nitrogen and oxygen atoms in total. The molecule has 2 heterocycles. The lowest BCUT2D eigenvalue weighted by Gasteiger charge is -2.05. The number of carbonyl (C=O) groups is 1. The van der Waals surface area contributed by atoms with Gasteiger partial charge in [0.1, 0.15) is 5.69 Å². The fraction of sp³-hybridized carbons (Fsp3) is 0.136. The maximum Gasteiger partial charge on any atom is 0.255 e. The van der Waals surface area contributed by atoms with Gasteiger partial charge in [-0.2, -0.15) is 5.10 Å². The lowest BCUT2D eigenvalue weighted by atomic mass is 10.1. The van der Waals surface area contributed by atoms with Crippen LogP contribution in [0.15, 0.2) is 72.4 Å². The molecule has 0 unspecified atom stereocenters. The summed E-state index contributed by atoms with van der Waals surface area (Å²) < 4.78 is 1.76. The second kappa shape index (κ2) is 8.19. The van der Waals surface area contributed by atoms with Crippen LogP contribution in [0.3, 0.4) is 0 Å². The van der Waals surface area contributed by atoms with Crippen LogP contribution in [0.1, 0.15) is 20.9 Å². The summed E-state index contributed by atoms with van der Waals surface area (Å²) >= 11 is 1.59. The molecule has 6 heteroatoms. The third kappa shape index (κ3) is 4.02. The van der Waals surface area contributed by atoms with Gasteiger partial charge in [-0.15, -0.1) is 11.3 Å². The normalized spacial score (nSPS) is 10.8. The largest absolute Gasteiger partial charge is 0.351 e. The molecule has 0 radical (unpaired) electrons. The number of carbonyl (C=O) groups excluding carboxylic acids is 1. The first-order valence-electron chi connectivity index (χ1n) is 9.09. The zero-order valence-corrected chi connectivity index (χ0v) is 16.3. The summed E-state index contributed by atoms with van der Waals surface area (Å²) in [6, 6.07) is 17.9. The van der Waals surface area contributed by atoms with Gasteiger partial charge in [0.2, 0.25) is 0 Å². The van der Waals surface area contributed by atoms with Gasteiger partial charge in [0.25, 0.3) is 5.91 Å². The van der Waals surface area contributed by atoms with Crippen molar-refractivity contribution in [2.45, 2.75) is 13.3 Å². The van der Waals surface area contributed by atoms with Gasteiger partial charge in [0, 0.05) is 36.3 Å². The molecular weight excluding hydrogens is 368 g/mol. The summed E-state index contributed by atoms with van der Waals surface area (Å²) in [7, 11) is 0. The zero-order valence-electron chi connectivity index (χ0n) is 15.5. The van der Waals surface area contributed by atoms with E-state index in [1.165, 1.54) is 0 Å². The Morgan fingerprint density at radius 2 is 2.00 bits per heavy atom. The SMILES string of the molecule is Cc1cccc(-c2nn(-c3ccccc3)cc2C(=O)NCCc2nccs2)c1. The summed E-state index contributed by atoms with van der Waals surface area (Å²) in [6.45, 7) is 2.57. The fourth-order valence-electron chi connectivity index (χ4n) is 3.01. The van der Waals surface area contributed by atoms with Crippen molar-refractivity contribution in [3.05, 3.63) is 88.5 Å². The van der Waals surface area contributed by atoms with E-state index in [2.05, 4.69) is 10.3 Å². The van der Waals surface area contributed by atoms with Gasteiger partial charge < -0.3 is 5.32 Å². The van der Waals surface area contributed by atoms with Crippen molar-refractivity contribution >= 4 is 17.2 Å². The van der Waals surface area contributed by atoms with Gasteiger partial charge >= 0.3 is 0 Å². The predicted octanol–water partition coefficient (Wildman–Crippen LogP) is 4.28. The number of benzene rings is 2. The van der Waals surface area contributed by atoms with E-state index in [1.807, 2.05) is 66.9 Å². The number of hydrogen-bond donors (Lipinski definition) is 1. The van der Waals surface area contributed by atoms with Crippen LogP contribution in [-0.2, 0) is 6.42 Å². The van der Waals surface area contributed by atoms with Gasteiger partial charge in [-0.05, 0) is 25.1 Å². The first kappa shape index (κ1) is 18.1. The zero-order chi connectivity index (χ0) is 19.3. The Labute approximate surface area is 167 Å². The number of nitrogens with zero attached hydrogens (tertiary/aromatic N) is 3. The fourth-order valence-corrected chi connectivity index (χ4v) is 3.63. The number of para-hydroxylation sites is 1. The molecule has 0 aliphatic carbocycles. The van der Waals surface area contributed by atoms with E-state index in [-0.39, 0.29) is 5.91 Å². The highest BCUT2D eigenvalue weighted by molar-refractivity contribution is 7.09. The standard InChI is InChI=1S/C22H20N4OS/c1-16-6-5-7-17(14-16)21-19(15-26(25-21)18-8-3-2-4-9-18)22(27)24-11-10-20-23-12-13-28-20/h2-9,12-15H,10-11H2,1H3,(H,24,27). The molecule has 0 bridgehead atoms. The number of amides is 1. The number of rotatable bonds is 6. The third-order valence-corrected chi connectivity index (χ3v) is 5.22. The van der Waals surface area contributed by atoms with Crippen LogP contribution in [0.2, 0.25) is 0 Å². The highest BCUT2D eigenvalue weighted by Crippen LogP contribution is 2.24. The smallest absolute Gasteiger partial charge is 0.255 e. The van der Waals surface area contributed by atoms with Crippen LogP contribution in [0.25, 0.3) is 16.9 Å². The number of hydrogen-bond acceptors (Lipinski definition) is 4. The predicted molar refractivity (Wildman–Crippen MR) is 112 cm³/mol. The Morgan fingerprint density at radius 3 is 2.75 bits per heavy atom. The van der Waals surface area contributed by atoms with Crippen LogP contribution in [-0.4, -0.2) is 27.2 Å². The molecule has 0 fully saturated rings. The third-order valence-electron chi connectivity index (χ3n) is 4.38. The molecular formula is C22H20N4OS. The van der Waals surface area contributed by atoms with Gasteiger partial charge in [0.05, 0.1) is 16.3 Å². The van der Waals surface area contributed by atoms with Crippen LogP contribution < -0.4 is 5.32 Å². The lowest BCUT2D eigenvalue weighted by molar-refractivity contribution is 0.0955. The van der Waals surface area contributed by atoms with E-state index in [0.29, 0.717) is 17.8 Å². The topological polar surface area (TPSA) is 59.8 Å². The Balaban J connectivity index is 1.64. The summed E-state index contributed by atoms with van der Waals surface area (Å²) in [5, 5.41) is 10.7. The van der Waals surface area contributed by atoms with Crippen molar-refractivity contribution < 1.29 is 4.79 Å². The van der Waals surface area contributed by atoms with E-state index in [0.717, 1.165) is 28.2 Å². The number of thiazole rings is 1. The quantitative estimate of drug-likeness (QED) is 0.536. The van der Waals surface area contributed by atoms with E-state index in [1.54, 1.807) is 28.4 Å². The Hall–Kier alpha value is -3.25. The number of nitrogens with one attached hydrogen (secondary N) is 1. The summed E-state index contributed by atoms with van der Waals surface area (Å²) in [5.74, 6) is -0.129. The van der Waals surface area contributed by atoms with E-state index in [4.69, 9.17) is 5.10 Å². The Morgan fingerprint density at radius 1 is 1.14 bits per heavy atom. The molecule has 0 spiro atoms. The molecule has 1 N–H and O–H groups in total. The van der Waals surface area contributed by atoms with E-state index < -0.39 is 0 Å². The molecule has 0 aliphatic heterocycles. The summed E-state index contributed by atoms with van der Waals surface area (Å²) in [6.07, 6.45) is 4.29. The van der Waals surface area contributed by atoms with Crippen LogP contribution in [0, 0.1) is 6.92 Å². The lowest BCUT2D eigenvalue weighted by Crippen LogP contribution is -2.25. The number of aromatic nitrogens is 3. The van der Waals surface area contributed by atoms with Gasteiger partial charge in [0.15, 0.2) is 0 Å². The van der Waals surface area contributed by atoms with Crippen molar-refractivity contribution in [1.29, 1.82) is 0 Å². The second-order valence-electron chi connectivity index (χ2n) is 6.47. The van der Waals surface area contributed by atoms with E-state index in [9.17, 15) is 4.79 Å². The molecule has 4 aromatic rings. The molecule has 1 amide bonds.